The van der Waals surface area contributed by atoms with E-state index in [0.29, 0.717) is 13.1 Å². The van der Waals surface area contributed by atoms with Gasteiger partial charge in [0.15, 0.2) is 0 Å². The first-order chi connectivity index (χ1) is 20.5. The van der Waals surface area contributed by atoms with Crippen molar-refractivity contribution < 1.29 is 9.53 Å². The van der Waals surface area contributed by atoms with E-state index in [1.807, 2.05) is 62.1 Å². The van der Waals surface area contributed by atoms with Crippen LogP contribution >= 0.6 is 0 Å². The van der Waals surface area contributed by atoms with E-state index in [9.17, 15) is 4.79 Å². The maximum Gasteiger partial charge on any atom is 0.410 e. The van der Waals surface area contributed by atoms with Crippen molar-refractivity contribution in [1.29, 1.82) is 0 Å². The van der Waals surface area contributed by atoms with Crippen molar-refractivity contribution in [2.45, 2.75) is 66.5 Å². The van der Waals surface area contributed by atoms with Crippen LogP contribution in [0, 0.1) is 27.7 Å². The Morgan fingerprint density at radius 1 is 0.721 bits per heavy atom. The minimum Gasteiger partial charge on any atom is -0.444 e. The second-order valence-electron chi connectivity index (χ2n) is 12.3. The number of benzene rings is 2. The largest absolute Gasteiger partial charge is 0.444 e. The fourth-order valence-electron chi connectivity index (χ4n) is 5.65. The van der Waals surface area contributed by atoms with Gasteiger partial charge in [0.2, 0.25) is 0 Å². The van der Waals surface area contributed by atoms with Crippen molar-refractivity contribution in [3.05, 3.63) is 137 Å². The number of amides is 1. The molecule has 0 saturated carbocycles. The Balaban J connectivity index is 1.68. The van der Waals surface area contributed by atoms with Crippen molar-refractivity contribution in [2.75, 3.05) is 6.54 Å². The zero-order valence-electron chi connectivity index (χ0n) is 26.3. The molecule has 5 aromatic rings. The van der Waals surface area contributed by atoms with E-state index < -0.39 is 5.60 Å². The molecule has 0 saturated heterocycles. The number of pyridine rings is 1. The summed E-state index contributed by atoms with van der Waals surface area (Å²) < 4.78 is 10.3. The lowest BCUT2D eigenvalue weighted by molar-refractivity contribution is 0.0227. The predicted octanol–water partition coefficient (Wildman–Crippen LogP) is 8.47. The molecular formula is C37H42N4O2. The molecule has 0 aliphatic rings. The molecule has 0 aliphatic heterocycles. The van der Waals surface area contributed by atoms with E-state index in [1.165, 1.54) is 0 Å². The molecule has 6 nitrogen and oxygen atoms in total. The van der Waals surface area contributed by atoms with Gasteiger partial charge >= 0.3 is 6.09 Å². The molecule has 1 unspecified atom stereocenters. The molecule has 0 N–H and O–H groups in total. The Kier molecular flexibility index (Phi) is 8.58. The molecule has 0 aliphatic carbocycles. The van der Waals surface area contributed by atoms with Crippen LogP contribution in [0.3, 0.4) is 0 Å². The molecule has 0 fully saturated rings. The van der Waals surface area contributed by atoms with Gasteiger partial charge in [-0.2, -0.15) is 0 Å². The third-order valence-electron chi connectivity index (χ3n) is 7.70. The molecule has 43 heavy (non-hydrogen) atoms. The zero-order chi connectivity index (χ0) is 30.7. The zero-order valence-corrected chi connectivity index (χ0v) is 26.3. The highest BCUT2D eigenvalue weighted by molar-refractivity contribution is 5.68. The molecule has 1 amide bonds. The van der Waals surface area contributed by atoms with Crippen LogP contribution in [-0.2, 0) is 11.3 Å². The molecular weight excluding hydrogens is 532 g/mol. The van der Waals surface area contributed by atoms with Crippen LogP contribution in [-0.4, -0.2) is 37.3 Å². The Hall–Kier alpha value is -4.58. The van der Waals surface area contributed by atoms with Crippen molar-refractivity contribution in [3.63, 3.8) is 0 Å². The van der Waals surface area contributed by atoms with Gasteiger partial charge < -0.3 is 18.8 Å². The number of hydrogen-bond donors (Lipinski definition) is 0. The molecule has 2 aromatic carbocycles. The molecule has 0 radical (unpaired) electrons. The number of carbonyl (C=O) groups excluding carboxylic acids is 1. The van der Waals surface area contributed by atoms with Gasteiger partial charge in [0.1, 0.15) is 17.2 Å². The van der Waals surface area contributed by atoms with Crippen molar-refractivity contribution in [3.8, 4) is 11.6 Å². The topological polar surface area (TPSA) is 52.3 Å². The third-order valence-corrected chi connectivity index (χ3v) is 7.70. The second kappa shape index (κ2) is 12.3. The van der Waals surface area contributed by atoms with Crippen molar-refractivity contribution >= 4 is 6.09 Å². The monoisotopic (exact) mass is 574 g/mol. The summed E-state index contributed by atoms with van der Waals surface area (Å²) in [6.45, 7) is 15.0. The number of hydrogen-bond acceptors (Lipinski definition) is 3. The average Bonchev–Trinajstić information content (AvgIpc) is 3.49. The molecule has 1 atom stereocenters. The Morgan fingerprint density at radius 3 is 1.65 bits per heavy atom. The SMILES string of the molecule is Cc1ccc(C)n1-c1cc(C(CN(Cc2ccccc2)C(=O)OC(C)(C)C)c2ccccc2)cc(-n2c(C)ccc2C)n1. The number of ether oxygens (including phenoxy) is 1. The van der Waals surface area contributed by atoms with Crippen LogP contribution in [0.4, 0.5) is 4.79 Å². The Morgan fingerprint density at radius 2 is 1.19 bits per heavy atom. The summed E-state index contributed by atoms with van der Waals surface area (Å²) in [6, 6.07) is 33.3. The highest BCUT2D eigenvalue weighted by Gasteiger charge is 2.28. The molecule has 222 valence electrons. The highest BCUT2D eigenvalue weighted by Crippen LogP contribution is 2.31. The number of nitrogens with zero attached hydrogens (tertiary/aromatic N) is 4. The van der Waals surface area contributed by atoms with Gasteiger partial charge in [-0.15, -0.1) is 0 Å². The van der Waals surface area contributed by atoms with Crippen molar-refractivity contribution in [1.82, 2.24) is 19.0 Å². The van der Waals surface area contributed by atoms with Gasteiger partial charge in [-0.05, 0) is 102 Å². The van der Waals surface area contributed by atoms with E-state index in [0.717, 1.165) is 51.1 Å². The summed E-state index contributed by atoms with van der Waals surface area (Å²) >= 11 is 0. The highest BCUT2D eigenvalue weighted by atomic mass is 16.6. The van der Waals surface area contributed by atoms with Crippen LogP contribution in [0.1, 0.15) is 66.2 Å². The lowest BCUT2D eigenvalue weighted by Gasteiger charge is -2.31. The standard InChI is InChI=1S/C37H42N4O2/c1-26-18-19-27(2)40(26)34-22-32(23-35(38-34)41-28(3)20-21-29(41)4)33(31-16-12-9-13-17-31)25-39(36(42)43-37(5,6)7)24-30-14-10-8-11-15-30/h8-23,33H,24-25H2,1-7H3. The van der Waals surface area contributed by atoms with Gasteiger partial charge in [0.05, 0.1) is 0 Å². The first-order valence-corrected chi connectivity index (χ1v) is 14.9. The summed E-state index contributed by atoms with van der Waals surface area (Å²) in [6.07, 6.45) is -0.332. The van der Waals surface area contributed by atoms with Gasteiger partial charge in [0.25, 0.3) is 0 Å². The number of aromatic nitrogens is 3. The van der Waals surface area contributed by atoms with Crippen LogP contribution in [0.2, 0.25) is 0 Å². The third kappa shape index (κ3) is 6.91. The van der Waals surface area contributed by atoms with E-state index in [1.54, 1.807) is 0 Å². The van der Waals surface area contributed by atoms with Crippen LogP contribution < -0.4 is 0 Å². The maximum absolute atomic E-state index is 13.7. The Labute approximate surface area is 255 Å². The van der Waals surface area contributed by atoms with E-state index in [2.05, 4.69) is 97.5 Å². The second-order valence-corrected chi connectivity index (χ2v) is 12.3. The smallest absolute Gasteiger partial charge is 0.410 e. The lowest BCUT2D eigenvalue weighted by atomic mass is 9.90. The molecule has 0 spiro atoms. The quantitative estimate of drug-likeness (QED) is 0.187. The average molecular weight is 575 g/mol. The maximum atomic E-state index is 13.7. The normalized spacial score (nSPS) is 12.3. The fraction of sp³-hybridized carbons (Fsp3) is 0.297. The Bertz CT molecular complexity index is 1590. The predicted molar refractivity (Wildman–Crippen MR) is 173 cm³/mol. The molecule has 5 rings (SSSR count). The van der Waals surface area contributed by atoms with E-state index >= 15 is 0 Å². The van der Waals surface area contributed by atoms with Crippen molar-refractivity contribution in [2.24, 2.45) is 0 Å². The summed E-state index contributed by atoms with van der Waals surface area (Å²) in [4.78, 5) is 20.7. The van der Waals surface area contributed by atoms with E-state index in [-0.39, 0.29) is 12.0 Å². The summed E-state index contributed by atoms with van der Waals surface area (Å²) in [7, 11) is 0. The summed E-state index contributed by atoms with van der Waals surface area (Å²) in [5.74, 6) is 1.57. The van der Waals surface area contributed by atoms with Crippen LogP contribution in [0.15, 0.2) is 97.1 Å². The number of carbonyl (C=O) groups is 1. The minimum atomic E-state index is -0.613. The summed E-state index contributed by atoms with van der Waals surface area (Å²) in [5.41, 5.74) is 7.09. The van der Waals surface area contributed by atoms with Gasteiger partial charge in [-0.25, -0.2) is 9.78 Å². The van der Waals surface area contributed by atoms with Gasteiger partial charge in [-0.1, -0.05) is 60.7 Å². The number of aryl methyl sites for hydroxylation is 4. The van der Waals surface area contributed by atoms with Gasteiger partial charge in [-0.3, -0.25) is 0 Å². The summed E-state index contributed by atoms with van der Waals surface area (Å²) in [5, 5.41) is 0. The first-order valence-electron chi connectivity index (χ1n) is 14.9. The first kappa shape index (κ1) is 29.9. The molecule has 0 bridgehead atoms. The molecule has 6 heteroatoms. The fourth-order valence-corrected chi connectivity index (χ4v) is 5.65. The molecule has 3 heterocycles. The van der Waals surface area contributed by atoms with Crippen LogP contribution in [0.25, 0.3) is 11.6 Å². The van der Waals surface area contributed by atoms with Gasteiger partial charge in [0, 0.05) is 41.8 Å². The van der Waals surface area contributed by atoms with E-state index in [4.69, 9.17) is 9.72 Å². The number of rotatable bonds is 8. The minimum absolute atomic E-state index is 0.134. The molecule has 3 aromatic heterocycles. The van der Waals surface area contributed by atoms with Crippen LogP contribution in [0.5, 0.6) is 0 Å². The lowest BCUT2D eigenvalue weighted by Crippen LogP contribution is -2.39.